The summed E-state index contributed by atoms with van der Waals surface area (Å²) >= 11 is 0. The van der Waals surface area contributed by atoms with Crippen LogP contribution in [0.5, 0.6) is 5.75 Å². The normalized spacial score (nSPS) is 11.3. The molecule has 0 unspecified atom stereocenters. The third kappa shape index (κ3) is 2.88. The lowest BCUT2D eigenvalue weighted by Gasteiger charge is -2.12. The molecular weight excluding hydrogens is 323 g/mol. The van der Waals surface area contributed by atoms with Crippen molar-refractivity contribution in [3.63, 3.8) is 0 Å². The molecule has 0 aliphatic carbocycles. The van der Waals surface area contributed by atoms with Crippen LogP contribution in [0.1, 0.15) is 0 Å². The second-order valence-corrected chi connectivity index (χ2v) is 6.26. The van der Waals surface area contributed by atoms with Gasteiger partial charge in [-0.3, -0.25) is 4.72 Å². The molecule has 0 fully saturated rings. The van der Waals surface area contributed by atoms with E-state index in [4.69, 9.17) is 4.52 Å². The van der Waals surface area contributed by atoms with Gasteiger partial charge >= 0.3 is 0 Å². The van der Waals surface area contributed by atoms with Gasteiger partial charge in [0.2, 0.25) is 0 Å². The fourth-order valence-corrected chi connectivity index (χ4v) is 3.36. The number of rotatable bonds is 4. The standard InChI is InChI=1S/C15H11FN2O4S/c16-11-5-3-6-12(19)15(11)18-23(20,21)14-7-2-1-4-10(14)13-8-9-17-22-13/h1-9,18-19H. The van der Waals surface area contributed by atoms with Crippen molar-refractivity contribution in [3.05, 3.63) is 60.5 Å². The number of aromatic hydroxyl groups is 1. The van der Waals surface area contributed by atoms with Crippen molar-refractivity contribution < 1.29 is 22.4 Å². The quantitative estimate of drug-likeness (QED) is 0.716. The molecule has 0 saturated heterocycles. The van der Waals surface area contributed by atoms with E-state index in [1.807, 2.05) is 0 Å². The summed E-state index contributed by atoms with van der Waals surface area (Å²) in [5, 5.41) is 13.2. The average Bonchev–Trinajstić information content (AvgIpc) is 3.05. The van der Waals surface area contributed by atoms with Gasteiger partial charge in [-0.25, -0.2) is 12.8 Å². The molecule has 0 spiro atoms. The Morgan fingerprint density at radius 2 is 1.87 bits per heavy atom. The van der Waals surface area contributed by atoms with Crippen LogP contribution in [0.15, 0.2) is 64.1 Å². The Kier molecular flexibility index (Phi) is 3.75. The maximum Gasteiger partial charge on any atom is 0.262 e. The summed E-state index contributed by atoms with van der Waals surface area (Å²) in [6.07, 6.45) is 1.38. The smallest absolute Gasteiger partial charge is 0.262 e. The summed E-state index contributed by atoms with van der Waals surface area (Å²) in [4.78, 5) is -0.126. The highest BCUT2D eigenvalue weighted by atomic mass is 32.2. The molecule has 118 valence electrons. The molecule has 0 atom stereocenters. The van der Waals surface area contributed by atoms with Crippen LogP contribution in [-0.2, 0) is 10.0 Å². The number of halogens is 1. The zero-order chi connectivity index (χ0) is 16.4. The fraction of sp³-hybridized carbons (Fsp3) is 0. The van der Waals surface area contributed by atoms with E-state index in [9.17, 15) is 17.9 Å². The zero-order valence-electron chi connectivity index (χ0n) is 11.6. The molecule has 0 bridgehead atoms. The molecule has 0 radical (unpaired) electrons. The number of benzene rings is 2. The molecule has 3 rings (SSSR count). The number of nitrogens with zero attached hydrogens (tertiary/aromatic N) is 1. The highest BCUT2D eigenvalue weighted by Gasteiger charge is 2.23. The molecule has 3 aromatic rings. The van der Waals surface area contributed by atoms with Crippen molar-refractivity contribution >= 4 is 15.7 Å². The summed E-state index contributed by atoms with van der Waals surface area (Å²) < 4.78 is 45.9. The van der Waals surface area contributed by atoms with Gasteiger partial charge < -0.3 is 9.63 Å². The second kappa shape index (κ2) is 5.73. The molecule has 1 heterocycles. The minimum absolute atomic E-state index is 0.126. The van der Waals surface area contributed by atoms with Gasteiger partial charge in [0.25, 0.3) is 10.0 Å². The Balaban J connectivity index is 2.08. The molecule has 6 nitrogen and oxygen atoms in total. The average molecular weight is 334 g/mol. The van der Waals surface area contributed by atoms with Crippen LogP contribution in [0.4, 0.5) is 10.1 Å². The number of nitrogens with one attached hydrogen (secondary N) is 1. The number of aromatic nitrogens is 1. The van der Waals surface area contributed by atoms with Gasteiger partial charge in [-0.1, -0.05) is 23.4 Å². The molecule has 1 aromatic heterocycles. The third-order valence-corrected chi connectivity index (χ3v) is 4.52. The minimum Gasteiger partial charge on any atom is -0.506 e. The number of sulfonamides is 1. The van der Waals surface area contributed by atoms with Gasteiger partial charge in [-0.15, -0.1) is 0 Å². The maximum absolute atomic E-state index is 13.8. The lowest BCUT2D eigenvalue weighted by Crippen LogP contribution is -2.15. The highest BCUT2D eigenvalue weighted by molar-refractivity contribution is 7.92. The van der Waals surface area contributed by atoms with E-state index in [-0.39, 0.29) is 16.2 Å². The van der Waals surface area contributed by atoms with Gasteiger partial charge in [-0.05, 0) is 24.3 Å². The van der Waals surface area contributed by atoms with E-state index in [2.05, 4.69) is 9.88 Å². The Bertz CT molecular complexity index is 920. The first-order valence-electron chi connectivity index (χ1n) is 6.49. The molecule has 0 aliphatic rings. The van der Waals surface area contributed by atoms with E-state index < -0.39 is 27.3 Å². The summed E-state index contributed by atoms with van der Waals surface area (Å²) in [7, 11) is -4.15. The predicted octanol–water partition coefficient (Wildman–Crippen LogP) is 2.99. The second-order valence-electron chi connectivity index (χ2n) is 4.61. The SMILES string of the molecule is O=S(=O)(Nc1c(O)cccc1F)c1ccccc1-c1ccno1. The van der Waals surface area contributed by atoms with Gasteiger partial charge in [0, 0.05) is 11.6 Å². The lowest BCUT2D eigenvalue weighted by molar-refractivity contribution is 0.431. The van der Waals surface area contributed by atoms with Gasteiger partial charge in [0.1, 0.15) is 11.4 Å². The van der Waals surface area contributed by atoms with E-state index in [1.165, 1.54) is 42.6 Å². The van der Waals surface area contributed by atoms with Crippen LogP contribution in [0, 0.1) is 5.82 Å². The van der Waals surface area contributed by atoms with Crippen LogP contribution in [0.25, 0.3) is 11.3 Å². The predicted molar refractivity (Wildman–Crippen MR) is 80.8 cm³/mol. The molecule has 8 heteroatoms. The summed E-state index contributed by atoms with van der Waals surface area (Å²) in [5.41, 5.74) is -0.242. The van der Waals surface area contributed by atoms with E-state index in [1.54, 1.807) is 6.07 Å². The van der Waals surface area contributed by atoms with Gasteiger partial charge in [0.05, 0.1) is 11.1 Å². The first-order chi connectivity index (χ1) is 11.0. The van der Waals surface area contributed by atoms with Crippen molar-refractivity contribution in [2.24, 2.45) is 0 Å². The van der Waals surface area contributed by atoms with Crippen molar-refractivity contribution in [2.45, 2.75) is 4.90 Å². The summed E-state index contributed by atoms with van der Waals surface area (Å²) in [5.74, 6) is -1.14. The van der Waals surface area contributed by atoms with E-state index in [0.717, 1.165) is 6.07 Å². The highest BCUT2D eigenvalue weighted by Crippen LogP contribution is 2.32. The first kappa shape index (κ1) is 15.0. The van der Waals surface area contributed by atoms with Crippen LogP contribution >= 0.6 is 0 Å². The summed E-state index contributed by atoms with van der Waals surface area (Å²) in [6, 6.07) is 11.0. The molecule has 2 aromatic carbocycles. The van der Waals surface area contributed by atoms with Crippen molar-refractivity contribution in [1.29, 1.82) is 0 Å². The van der Waals surface area contributed by atoms with Gasteiger partial charge in [0.15, 0.2) is 11.6 Å². The first-order valence-corrected chi connectivity index (χ1v) is 7.98. The molecule has 0 aliphatic heterocycles. The number of hydrogen-bond donors (Lipinski definition) is 2. The van der Waals surface area contributed by atoms with Crippen molar-refractivity contribution in [1.82, 2.24) is 5.16 Å². The Morgan fingerprint density at radius 3 is 2.57 bits per heavy atom. The Labute approximate surface area is 131 Å². The molecule has 0 amide bonds. The topological polar surface area (TPSA) is 92.4 Å². The lowest BCUT2D eigenvalue weighted by atomic mass is 10.2. The van der Waals surface area contributed by atoms with E-state index in [0.29, 0.717) is 0 Å². The van der Waals surface area contributed by atoms with E-state index >= 15 is 0 Å². The van der Waals surface area contributed by atoms with Crippen LogP contribution < -0.4 is 4.72 Å². The Hall–Kier alpha value is -2.87. The number of phenols is 1. The number of para-hydroxylation sites is 1. The number of anilines is 1. The van der Waals surface area contributed by atoms with Gasteiger partial charge in [-0.2, -0.15) is 0 Å². The molecule has 2 N–H and O–H groups in total. The summed E-state index contributed by atoms with van der Waals surface area (Å²) in [6.45, 7) is 0. The fourth-order valence-electron chi connectivity index (χ4n) is 2.06. The minimum atomic E-state index is -4.15. The third-order valence-electron chi connectivity index (χ3n) is 3.11. The maximum atomic E-state index is 13.8. The zero-order valence-corrected chi connectivity index (χ0v) is 12.4. The molecule has 23 heavy (non-hydrogen) atoms. The van der Waals surface area contributed by atoms with Crippen LogP contribution in [-0.4, -0.2) is 18.7 Å². The van der Waals surface area contributed by atoms with Crippen molar-refractivity contribution in [3.8, 4) is 17.1 Å². The van der Waals surface area contributed by atoms with Crippen LogP contribution in [0.3, 0.4) is 0 Å². The van der Waals surface area contributed by atoms with Crippen LogP contribution in [0.2, 0.25) is 0 Å². The largest absolute Gasteiger partial charge is 0.506 e. The number of phenolic OH excluding ortho intramolecular Hbond substituents is 1. The molecule has 0 saturated carbocycles. The Morgan fingerprint density at radius 1 is 1.09 bits per heavy atom. The monoisotopic (exact) mass is 334 g/mol. The molecular formula is C15H11FN2O4S. The van der Waals surface area contributed by atoms with Crippen molar-refractivity contribution in [2.75, 3.05) is 4.72 Å². The number of hydrogen-bond acceptors (Lipinski definition) is 5.